The summed E-state index contributed by atoms with van der Waals surface area (Å²) in [6.45, 7) is 3.26. The predicted octanol–water partition coefficient (Wildman–Crippen LogP) is 1.98. The lowest BCUT2D eigenvalue weighted by molar-refractivity contribution is 0.222. The minimum absolute atomic E-state index is 0.142. The Balaban J connectivity index is 1.72. The Morgan fingerprint density at radius 2 is 2.10 bits per heavy atom. The largest absolute Gasteiger partial charge is 0.496 e. The number of hydrogen-bond acceptors (Lipinski definition) is 3. The molecule has 1 atom stereocenters. The van der Waals surface area contributed by atoms with E-state index < -0.39 is 0 Å². The van der Waals surface area contributed by atoms with Gasteiger partial charge in [0.05, 0.1) is 7.11 Å². The number of amides is 2. The smallest absolute Gasteiger partial charge is 0.315 e. The van der Waals surface area contributed by atoms with Crippen LogP contribution in [0.3, 0.4) is 0 Å². The molecule has 1 aromatic carbocycles. The molecule has 0 radical (unpaired) electrons. The first-order valence-electron chi connectivity index (χ1n) is 7.47. The van der Waals surface area contributed by atoms with E-state index in [0.717, 1.165) is 11.3 Å². The number of carbonyl (C=O) groups excluding carboxylic acids is 1. The van der Waals surface area contributed by atoms with E-state index in [9.17, 15) is 4.79 Å². The molecule has 1 unspecified atom stereocenters. The molecule has 0 aromatic heterocycles. The molecule has 1 aliphatic carbocycles. The zero-order valence-corrected chi connectivity index (χ0v) is 13.1. The molecule has 0 bridgehead atoms. The first kappa shape index (κ1) is 15.6. The van der Waals surface area contributed by atoms with Crippen molar-refractivity contribution in [2.45, 2.75) is 38.4 Å². The second-order valence-corrected chi connectivity index (χ2v) is 5.62. The van der Waals surface area contributed by atoms with Gasteiger partial charge in [0.15, 0.2) is 0 Å². The molecule has 1 saturated carbocycles. The van der Waals surface area contributed by atoms with Gasteiger partial charge in [-0.2, -0.15) is 0 Å². The molecule has 1 fully saturated rings. The van der Waals surface area contributed by atoms with Crippen molar-refractivity contribution < 1.29 is 9.53 Å². The van der Waals surface area contributed by atoms with Gasteiger partial charge in [0.2, 0.25) is 0 Å². The van der Waals surface area contributed by atoms with Crippen LogP contribution in [0.15, 0.2) is 24.3 Å². The maximum absolute atomic E-state index is 11.8. The summed E-state index contributed by atoms with van der Waals surface area (Å²) in [4.78, 5) is 14.2. The third kappa shape index (κ3) is 4.63. The predicted molar refractivity (Wildman–Crippen MR) is 83.5 cm³/mol. The minimum atomic E-state index is -0.142. The van der Waals surface area contributed by atoms with Crippen molar-refractivity contribution in [1.29, 1.82) is 0 Å². The second-order valence-electron chi connectivity index (χ2n) is 5.62. The van der Waals surface area contributed by atoms with Crippen LogP contribution >= 0.6 is 0 Å². The summed E-state index contributed by atoms with van der Waals surface area (Å²) in [6.07, 6.45) is 2.56. The summed E-state index contributed by atoms with van der Waals surface area (Å²) in [6, 6.07) is 8.61. The van der Waals surface area contributed by atoms with E-state index in [1.165, 1.54) is 12.8 Å². The number of para-hydroxylation sites is 1. The fraction of sp³-hybridized carbons (Fsp3) is 0.562. The van der Waals surface area contributed by atoms with E-state index in [2.05, 4.69) is 29.5 Å². The van der Waals surface area contributed by atoms with E-state index >= 15 is 0 Å². The molecule has 0 aliphatic heterocycles. The Morgan fingerprint density at radius 3 is 2.76 bits per heavy atom. The lowest BCUT2D eigenvalue weighted by Crippen LogP contribution is -2.44. The topological polar surface area (TPSA) is 53.6 Å². The molecule has 0 saturated heterocycles. The Morgan fingerprint density at radius 1 is 1.38 bits per heavy atom. The first-order valence-corrected chi connectivity index (χ1v) is 7.47. The summed E-state index contributed by atoms with van der Waals surface area (Å²) < 4.78 is 5.26. The minimum Gasteiger partial charge on any atom is -0.496 e. The van der Waals surface area contributed by atoms with Crippen LogP contribution in [-0.2, 0) is 6.54 Å². The van der Waals surface area contributed by atoms with Gasteiger partial charge in [0.1, 0.15) is 5.75 Å². The van der Waals surface area contributed by atoms with Crippen molar-refractivity contribution in [3.63, 3.8) is 0 Å². The quantitative estimate of drug-likeness (QED) is 0.807. The molecule has 5 heteroatoms. The first-order chi connectivity index (χ1) is 10.1. The summed E-state index contributed by atoms with van der Waals surface area (Å²) in [5.74, 6) is 0.791. The van der Waals surface area contributed by atoms with E-state index in [0.29, 0.717) is 25.2 Å². The van der Waals surface area contributed by atoms with Crippen LogP contribution in [0.4, 0.5) is 4.79 Å². The number of nitrogens with one attached hydrogen (secondary N) is 2. The van der Waals surface area contributed by atoms with Gasteiger partial charge < -0.3 is 15.4 Å². The fourth-order valence-corrected chi connectivity index (χ4v) is 2.31. The Bertz CT molecular complexity index is 474. The summed E-state index contributed by atoms with van der Waals surface area (Å²) in [5, 5.41) is 5.79. The molecule has 5 nitrogen and oxygen atoms in total. The van der Waals surface area contributed by atoms with Gasteiger partial charge in [-0.1, -0.05) is 18.2 Å². The van der Waals surface area contributed by atoms with Crippen LogP contribution in [0.5, 0.6) is 5.75 Å². The number of ether oxygens (including phenoxy) is 1. The number of nitrogens with zero attached hydrogens (tertiary/aromatic N) is 1. The van der Waals surface area contributed by atoms with Gasteiger partial charge in [-0.15, -0.1) is 0 Å². The van der Waals surface area contributed by atoms with Crippen LogP contribution < -0.4 is 15.4 Å². The van der Waals surface area contributed by atoms with Crippen LogP contribution in [0.25, 0.3) is 0 Å². The molecule has 2 rings (SSSR count). The number of urea groups is 1. The number of carbonyl (C=O) groups is 1. The number of benzene rings is 1. The lowest BCUT2D eigenvalue weighted by Gasteiger charge is -2.24. The average Bonchev–Trinajstić information content (AvgIpc) is 3.34. The van der Waals surface area contributed by atoms with E-state index in [1.54, 1.807) is 7.11 Å². The van der Waals surface area contributed by atoms with Crippen LogP contribution in [-0.4, -0.2) is 43.7 Å². The van der Waals surface area contributed by atoms with Crippen molar-refractivity contribution in [3.8, 4) is 5.75 Å². The second kappa shape index (κ2) is 7.31. The third-order valence-electron chi connectivity index (χ3n) is 4.01. The Labute approximate surface area is 126 Å². The van der Waals surface area contributed by atoms with Gasteiger partial charge in [0.25, 0.3) is 0 Å². The lowest BCUT2D eigenvalue weighted by atomic mass is 10.2. The highest BCUT2D eigenvalue weighted by molar-refractivity contribution is 5.73. The SMILES string of the molecule is COc1ccccc1CNC(=O)NCC(C)N(C)C1CC1. The third-order valence-corrected chi connectivity index (χ3v) is 4.01. The maximum atomic E-state index is 11.8. The highest BCUT2D eigenvalue weighted by Gasteiger charge is 2.29. The normalized spacial score (nSPS) is 15.6. The van der Waals surface area contributed by atoms with E-state index in [1.807, 2.05) is 24.3 Å². The van der Waals surface area contributed by atoms with Gasteiger partial charge in [0, 0.05) is 30.7 Å². The average molecular weight is 291 g/mol. The molecule has 116 valence electrons. The molecular formula is C16H25N3O2. The van der Waals surface area contributed by atoms with Crippen molar-refractivity contribution >= 4 is 6.03 Å². The molecular weight excluding hydrogens is 266 g/mol. The van der Waals surface area contributed by atoms with E-state index in [4.69, 9.17) is 4.74 Å². The number of hydrogen-bond donors (Lipinski definition) is 2. The molecule has 1 aromatic rings. The van der Waals surface area contributed by atoms with Crippen molar-refractivity contribution in [2.24, 2.45) is 0 Å². The number of rotatable bonds is 7. The summed E-state index contributed by atoms with van der Waals surface area (Å²) in [7, 11) is 3.76. The van der Waals surface area contributed by atoms with Gasteiger partial charge in [-0.3, -0.25) is 4.90 Å². The van der Waals surface area contributed by atoms with Crippen LogP contribution in [0.1, 0.15) is 25.3 Å². The number of methoxy groups -OCH3 is 1. The Hall–Kier alpha value is -1.75. The number of likely N-dealkylation sites (N-methyl/N-ethyl adjacent to an activating group) is 1. The summed E-state index contributed by atoms with van der Waals surface area (Å²) in [5.41, 5.74) is 0.971. The molecule has 2 N–H and O–H groups in total. The molecule has 2 amide bonds. The standard InChI is InChI=1S/C16H25N3O2/c1-12(19(2)14-8-9-14)10-17-16(20)18-11-13-6-4-5-7-15(13)21-3/h4-7,12,14H,8-11H2,1-3H3,(H2,17,18,20). The highest BCUT2D eigenvalue weighted by Crippen LogP contribution is 2.26. The van der Waals surface area contributed by atoms with Crippen molar-refractivity contribution in [3.05, 3.63) is 29.8 Å². The molecule has 0 heterocycles. The summed E-state index contributed by atoms with van der Waals surface area (Å²) >= 11 is 0. The van der Waals surface area contributed by atoms with Crippen molar-refractivity contribution in [1.82, 2.24) is 15.5 Å². The molecule has 1 aliphatic rings. The maximum Gasteiger partial charge on any atom is 0.315 e. The van der Waals surface area contributed by atoms with E-state index in [-0.39, 0.29) is 6.03 Å². The highest BCUT2D eigenvalue weighted by atomic mass is 16.5. The van der Waals surface area contributed by atoms with Gasteiger partial charge in [-0.25, -0.2) is 4.79 Å². The Kier molecular flexibility index (Phi) is 5.44. The van der Waals surface area contributed by atoms with Crippen LogP contribution in [0.2, 0.25) is 0 Å². The monoisotopic (exact) mass is 291 g/mol. The molecule has 0 spiro atoms. The fourth-order valence-electron chi connectivity index (χ4n) is 2.31. The van der Waals surface area contributed by atoms with Gasteiger partial charge >= 0.3 is 6.03 Å². The zero-order valence-electron chi connectivity index (χ0n) is 13.1. The van der Waals surface area contributed by atoms with Crippen molar-refractivity contribution in [2.75, 3.05) is 20.7 Å². The molecule has 21 heavy (non-hydrogen) atoms. The zero-order chi connectivity index (χ0) is 15.2. The van der Waals surface area contributed by atoms with Gasteiger partial charge in [-0.05, 0) is 32.9 Å². The van der Waals surface area contributed by atoms with Crippen LogP contribution in [0, 0.1) is 0 Å².